The number of nitrogens with one attached hydrogen (secondary N) is 1. The van der Waals surface area contributed by atoms with Gasteiger partial charge in [0.1, 0.15) is 29.6 Å². The van der Waals surface area contributed by atoms with E-state index < -0.39 is 24.5 Å². The second-order valence-electron chi connectivity index (χ2n) is 4.99. The fraction of sp³-hybridized carbons (Fsp3) is 0.188. The summed E-state index contributed by atoms with van der Waals surface area (Å²) in [5, 5.41) is 13.0. The predicted octanol–water partition coefficient (Wildman–Crippen LogP) is 3.45. The molecule has 1 aromatic carbocycles. The molecule has 0 saturated heterocycles. The molecule has 1 N–H and O–H groups in total. The third-order valence-electron chi connectivity index (χ3n) is 3.13. The standard InChI is InChI=1S/C16H17N2O8P/c1-3-10-23-16(19)12-4-6-13(7-5-12)26-27(22,17-2)24-11-14-8-9-15(25-14)18(20)21/h3-9H,1,10-11H2,2H3,(H,17,22). The molecule has 0 fully saturated rings. The number of nitrogens with zero attached hydrogens (tertiary/aromatic N) is 1. The molecule has 2 rings (SSSR count). The fourth-order valence-corrected chi connectivity index (χ4v) is 2.81. The Hall–Kier alpha value is -2.94. The van der Waals surface area contributed by atoms with Crippen molar-refractivity contribution in [3.05, 3.63) is 70.5 Å². The van der Waals surface area contributed by atoms with E-state index in [9.17, 15) is 19.5 Å². The van der Waals surface area contributed by atoms with Crippen molar-refractivity contribution in [1.82, 2.24) is 5.09 Å². The first-order valence-corrected chi connectivity index (χ1v) is 9.15. The van der Waals surface area contributed by atoms with Crippen molar-refractivity contribution in [2.45, 2.75) is 6.61 Å². The van der Waals surface area contributed by atoms with Crippen molar-refractivity contribution in [2.24, 2.45) is 0 Å². The molecule has 0 amide bonds. The monoisotopic (exact) mass is 396 g/mol. The van der Waals surface area contributed by atoms with Crippen LogP contribution in [0.3, 0.4) is 0 Å². The van der Waals surface area contributed by atoms with Gasteiger partial charge >= 0.3 is 19.6 Å². The Kier molecular flexibility index (Phi) is 6.89. The Balaban J connectivity index is 1.99. The molecule has 1 atom stereocenters. The van der Waals surface area contributed by atoms with Gasteiger partial charge in [0.15, 0.2) is 0 Å². The van der Waals surface area contributed by atoms with Crippen LogP contribution in [0.2, 0.25) is 0 Å². The first kappa shape index (κ1) is 20.4. The minimum absolute atomic E-state index is 0.0881. The SMILES string of the molecule is C=CCOC(=O)c1ccc(OP(=O)(NC)OCc2ccc([N+](=O)[O-])o2)cc1. The van der Waals surface area contributed by atoms with Gasteiger partial charge in [-0.2, -0.15) is 0 Å². The number of hydrogen-bond acceptors (Lipinski definition) is 8. The number of ether oxygens (including phenoxy) is 1. The van der Waals surface area contributed by atoms with Crippen LogP contribution in [0.5, 0.6) is 5.75 Å². The van der Waals surface area contributed by atoms with Crippen LogP contribution >= 0.6 is 7.75 Å². The van der Waals surface area contributed by atoms with Gasteiger partial charge in [0.05, 0.1) is 11.6 Å². The zero-order valence-electron chi connectivity index (χ0n) is 14.3. The second-order valence-corrected chi connectivity index (χ2v) is 6.88. The Labute approximate surface area is 154 Å². The number of hydrogen-bond donors (Lipinski definition) is 1. The number of esters is 1. The van der Waals surface area contributed by atoms with Crippen molar-refractivity contribution < 1.29 is 32.5 Å². The molecule has 0 aliphatic heterocycles. The van der Waals surface area contributed by atoms with Crippen LogP contribution in [0, 0.1) is 10.1 Å². The molecule has 0 bridgehead atoms. The van der Waals surface area contributed by atoms with Crippen LogP contribution in [0.4, 0.5) is 5.88 Å². The number of furan rings is 1. The average Bonchev–Trinajstić information content (AvgIpc) is 3.14. The number of benzene rings is 1. The molecule has 10 nitrogen and oxygen atoms in total. The van der Waals surface area contributed by atoms with Crippen LogP contribution in [-0.2, 0) is 20.4 Å². The molecule has 11 heteroatoms. The fourth-order valence-electron chi connectivity index (χ4n) is 1.84. The molecule has 0 spiro atoms. The predicted molar refractivity (Wildman–Crippen MR) is 94.4 cm³/mol. The maximum Gasteiger partial charge on any atom is 0.458 e. The summed E-state index contributed by atoms with van der Waals surface area (Å²) < 4.78 is 32.9. The molecule has 1 heterocycles. The molecular weight excluding hydrogens is 379 g/mol. The lowest BCUT2D eigenvalue weighted by atomic mass is 10.2. The minimum atomic E-state index is -3.77. The summed E-state index contributed by atoms with van der Waals surface area (Å²) in [5.74, 6) is -0.693. The number of nitro groups is 1. The van der Waals surface area contributed by atoms with Gasteiger partial charge in [-0.3, -0.25) is 14.6 Å². The van der Waals surface area contributed by atoms with Gasteiger partial charge in [0.2, 0.25) is 0 Å². The largest absolute Gasteiger partial charge is 0.458 e. The topological polar surface area (TPSA) is 130 Å². The Morgan fingerprint density at radius 1 is 1.33 bits per heavy atom. The molecular formula is C16H17N2O8P. The molecule has 144 valence electrons. The van der Waals surface area contributed by atoms with Crippen molar-refractivity contribution in [1.29, 1.82) is 0 Å². The summed E-state index contributed by atoms with van der Waals surface area (Å²) in [4.78, 5) is 21.6. The lowest BCUT2D eigenvalue weighted by Crippen LogP contribution is -2.12. The third-order valence-corrected chi connectivity index (χ3v) is 4.59. The van der Waals surface area contributed by atoms with E-state index in [1.807, 2.05) is 0 Å². The molecule has 27 heavy (non-hydrogen) atoms. The van der Waals surface area contributed by atoms with Gasteiger partial charge in [0, 0.05) is 0 Å². The van der Waals surface area contributed by atoms with E-state index in [2.05, 4.69) is 11.7 Å². The van der Waals surface area contributed by atoms with Crippen molar-refractivity contribution in [3.8, 4) is 5.75 Å². The quantitative estimate of drug-likeness (QED) is 0.211. The maximum absolute atomic E-state index is 12.6. The molecule has 1 aromatic heterocycles. The van der Waals surface area contributed by atoms with Crippen LogP contribution in [-0.4, -0.2) is 24.5 Å². The lowest BCUT2D eigenvalue weighted by Gasteiger charge is -2.17. The lowest BCUT2D eigenvalue weighted by molar-refractivity contribution is -0.402. The Morgan fingerprint density at radius 3 is 2.59 bits per heavy atom. The zero-order chi connectivity index (χ0) is 19.9. The molecule has 1 unspecified atom stereocenters. The summed E-state index contributed by atoms with van der Waals surface area (Å²) in [6.45, 7) is 3.23. The second kappa shape index (κ2) is 9.13. The zero-order valence-corrected chi connectivity index (χ0v) is 15.2. The van der Waals surface area contributed by atoms with E-state index in [0.717, 1.165) is 6.07 Å². The van der Waals surface area contributed by atoms with Crippen LogP contribution in [0.25, 0.3) is 0 Å². The normalized spacial score (nSPS) is 12.8. The molecule has 0 radical (unpaired) electrons. The minimum Gasteiger partial charge on any atom is -0.458 e. The van der Waals surface area contributed by atoms with Gasteiger partial charge in [-0.15, -0.1) is 0 Å². The first-order valence-electron chi connectivity index (χ1n) is 7.61. The van der Waals surface area contributed by atoms with Crippen LogP contribution in [0.15, 0.2) is 53.5 Å². The van der Waals surface area contributed by atoms with E-state index in [-0.39, 0.29) is 30.3 Å². The summed E-state index contributed by atoms with van der Waals surface area (Å²) >= 11 is 0. The Morgan fingerprint density at radius 2 is 2.04 bits per heavy atom. The smallest absolute Gasteiger partial charge is 0.458 e. The van der Waals surface area contributed by atoms with Crippen molar-refractivity contribution in [2.75, 3.05) is 13.7 Å². The maximum atomic E-state index is 12.6. The van der Waals surface area contributed by atoms with E-state index >= 15 is 0 Å². The van der Waals surface area contributed by atoms with E-state index in [4.69, 9.17) is 18.2 Å². The number of carbonyl (C=O) groups is 1. The van der Waals surface area contributed by atoms with Crippen LogP contribution < -0.4 is 9.61 Å². The van der Waals surface area contributed by atoms with E-state index in [0.29, 0.717) is 0 Å². The van der Waals surface area contributed by atoms with Gasteiger partial charge in [0.25, 0.3) is 0 Å². The van der Waals surface area contributed by atoms with Gasteiger partial charge in [-0.25, -0.2) is 14.4 Å². The van der Waals surface area contributed by atoms with E-state index in [1.165, 1.54) is 43.5 Å². The average molecular weight is 396 g/mol. The van der Waals surface area contributed by atoms with Gasteiger partial charge in [-0.05, 0) is 37.4 Å². The molecule has 0 aliphatic rings. The van der Waals surface area contributed by atoms with Crippen molar-refractivity contribution in [3.63, 3.8) is 0 Å². The summed E-state index contributed by atoms with van der Waals surface area (Å²) in [7, 11) is -2.40. The molecule has 0 saturated carbocycles. The van der Waals surface area contributed by atoms with Crippen molar-refractivity contribution >= 4 is 19.6 Å². The summed E-state index contributed by atoms with van der Waals surface area (Å²) in [6.07, 6.45) is 1.45. The third kappa shape index (κ3) is 5.78. The van der Waals surface area contributed by atoms with Gasteiger partial charge < -0.3 is 13.7 Å². The number of rotatable bonds is 10. The molecule has 2 aromatic rings. The summed E-state index contributed by atoms with van der Waals surface area (Å²) in [5.41, 5.74) is 0.285. The number of carbonyl (C=O) groups excluding carboxylic acids is 1. The first-order chi connectivity index (χ1) is 12.9. The Bertz CT molecular complexity index is 862. The highest BCUT2D eigenvalue weighted by Crippen LogP contribution is 2.44. The summed E-state index contributed by atoms with van der Waals surface area (Å²) in [6, 6.07) is 8.23. The van der Waals surface area contributed by atoms with Gasteiger partial charge in [-0.1, -0.05) is 12.7 Å². The van der Waals surface area contributed by atoms with E-state index in [1.54, 1.807) is 0 Å². The highest BCUT2D eigenvalue weighted by molar-refractivity contribution is 7.52. The van der Waals surface area contributed by atoms with Crippen LogP contribution in [0.1, 0.15) is 16.1 Å². The highest BCUT2D eigenvalue weighted by atomic mass is 31.2. The molecule has 0 aliphatic carbocycles. The highest BCUT2D eigenvalue weighted by Gasteiger charge is 2.25.